The predicted octanol–water partition coefficient (Wildman–Crippen LogP) is 2.66. The van der Waals surface area contributed by atoms with Crippen LogP contribution in [-0.4, -0.2) is 60.7 Å². The average Bonchev–Trinajstić information content (AvgIpc) is 3.03. The minimum absolute atomic E-state index is 0.0290. The van der Waals surface area contributed by atoms with E-state index in [1.807, 2.05) is 18.7 Å². The van der Waals surface area contributed by atoms with E-state index >= 15 is 0 Å². The number of amides is 1. The van der Waals surface area contributed by atoms with Gasteiger partial charge >= 0.3 is 0 Å². The highest BCUT2D eigenvalue weighted by molar-refractivity contribution is 5.95. The van der Waals surface area contributed by atoms with Crippen molar-refractivity contribution in [1.82, 2.24) is 15.0 Å². The molecule has 0 atom stereocenters. The van der Waals surface area contributed by atoms with Gasteiger partial charge in [-0.1, -0.05) is 12.1 Å². The van der Waals surface area contributed by atoms with Crippen LogP contribution in [0.25, 0.3) is 0 Å². The number of ether oxygens (including phenoxy) is 2. The van der Waals surface area contributed by atoms with Gasteiger partial charge in [-0.3, -0.25) is 4.79 Å². The molecule has 2 heterocycles. The predicted molar refractivity (Wildman–Crippen MR) is 101 cm³/mol. The molecule has 0 N–H and O–H groups in total. The third kappa shape index (κ3) is 4.24. The van der Waals surface area contributed by atoms with Crippen molar-refractivity contribution in [2.24, 2.45) is 0 Å². The lowest BCUT2D eigenvalue weighted by Gasteiger charge is -2.34. The van der Waals surface area contributed by atoms with E-state index in [9.17, 15) is 4.79 Å². The quantitative estimate of drug-likeness (QED) is 0.775. The number of aryl methyl sites for hydroxylation is 2. The van der Waals surface area contributed by atoms with Gasteiger partial charge in [0.15, 0.2) is 11.5 Å². The maximum Gasteiger partial charge on any atom is 0.254 e. The van der Waals surface area contributed by atoms with Crippen LogP contribution >= 0.6 is 0 Å². The number of likely N-dealkylation sites (N-methyl/N-ethyl adjacent to an activating group) is 1. The summed E-state index contributed by atoms with van der Waals surface area (Å²) in [5.41, 5.74) is 2.34. The molecule has 27 heavy (non-hydrogen) atoms. The van der Waals surface area contributed by atoms with Gasteiger partial charge in [-0.2, -0.15) is 0 Å². The lowest BCUT2D eigenvalue weighted by molar-refractivity contribution is 0.0643. The molecule has 0 unspecified atom stereocenters. The van der Waals surface area contributed by atoms with E-state index < -0.39 is 0 Å². The highest BCUT2D eigenvalue weighted by atomic mass is 16.5. The first-order valence-electron chi connectivity index (χ1n) is 9.27. The fraction of sp³-hybridized carbons (Fsp3) is 0.500. The van der Waals surface area contributed by atoms with Gasteiger partial charge in [0, 0.05) is 31.7 Å². The second kappa shape index (κ2) is 8.43. The van der Waals surface area contributed by atoms with Crippen molar-refractivity contribution in [3.05, 3.63) is 40.8 Å². The molecule has 0 radical (unpaired) electrons. The Morgan fingerprint density at radius 3 is 2.52 bits per heavy atom. The van der Waals surface area contributed by atoms with Gasteiger partial charge in [-0.05, 0) is 38.6 Å². The van der Waals surface area contributed by atoms with Crippen LogP contribution in [0.4, 0.5) is 0 Å². The fourth-order valence-corrected chi connectivity index (χ4v) is 3.23. The van der Waals surface area contributed by atoms with Crippen LogP contribution in [0.1, 0.15) is 34.3 Å². The van der Waals surface area contributed by atoms with E-state index in [1.165, 1.54) is 0 Å². The first kappa shape index (κ1) is 19.2. The molecule has 1 aromatic carbocycles. The minimum atomic E-state index is 0.0290. The normalized spacial score (nSPS) is 15.0. The van der Waals surface area contributed by atoms with Crippen LogP contribution in [-0.2, 0) is 6.61 Å². The molecule has 7 heteroatoms. The van der Waals surface area contributed by atoms with Gasteiger partial charge in [0.1, 0.15) is 12.4 Å². The Bertz CT molecular complexity index is 775. The number of carbonyl (C=O) groups excluding carboxylic acids is 1. The Hall–Kier alpha value is -2.54. The minimum Gasteiger partial charge on any atom is -0.493 e. The Morgan fingerprint density at radius 1 is 1.19 bits per heavy atom. The van der Waals surface area contributed by atoms with Gasteiger partial charge in [0.2, 0.25) is 0 Å². The first-order chi connectivity index (χ1) is 13.0. The molecule has 1 fully saturated rings. The number of hydrogen-bond donors (Lipinski definition) is 0. The van der Waals surface area contributed by atoms with Crippen molar-refractivity contribution in [2.75, 3.05) is 39.8 Å². The van der Waals surface area contributed by atoms with E-state index in [0.29, 0.717) is 23.7 Å². The molecule has 0 spiro atoms. The number of aromatic nitrogens is 1. The van der Waals surface area contributed by atoms with Gasteiger partial charge in [0.05, 0.1) is 18.4 Å². The van der Waals surface area contributed by atoms with Gasteiger partial charge in [-0.25, -0.2) is 0 Å². The smallest absolute Gasteiger partial charge is 0.254 e. The molecular weight excluding hydrogens is 346 g/mol. The second-order valence-electron chi connectivity index (χ2n) is 6.68. The molecule has 1 aliphatic rings. The van der Waals surface area contributed by atoms with Gasteiger partial charge < -0.3 is 23.8 Å². The largest absolute Gasteiger partial charge is 0.493 e. The second-order valence-corrected chi connectivity index (χ2v) is 6.68. The van der Waals surface area contributed by atoms with E-state index in [-0.39, 0.29) is 5.91 Å². The van der Waals surface area contributed by atoms with E-state index in [1.54, 1.807) is 25.3 Å². The molecule has 3 rings (SSSR count). The van der Waals surface area contributed by atoms with Crippen molar-refractivity contribution in [3.8, 4) is 11.5 Å². The molecule has 0 saturated carbocycles. The molecule has 146 valence electrons. The van der Waals surface area contributed by atoms with Crippen molar-refractivity contribution >= 4 is 5.91 Å². The molecular formula is C20H27N3O4. The molecule has 2 aromatic rings. The maximum atomic E-state index is 12.8. The SMILES string of the molecule is CCN1CCN(C(=O)c2ccc(OCc3c(C)noc3C)c(OC)c2)CC1. The monoisotopic (exact) mass is 373 g/mol. The van der Waals surface area contributed by atoms with Crippen molar-refractivity contribution in [1.29, 1.82) is 0 Å². The third-order valence-corrected chi connectivity index (χ3v) is 5.07. The average molecular weight is 373 g/mol. The lowest BCUT2D eigenvalue weighted by atomic mass is 10.1. The Kier molecular flexibility index (Phi) is 6.01. The van der Waals surface area contributed by atoms with Crippen molar-refractivity contribution in [3.63, 3.8) is 0 Å². The zero-order chi connectivity index (χ0) is 19.4. The summed E-state index contributed by atoms with van der Waals surface area (Å²) in [6.07, 6.45) is 0. The number of benzene rings is 1. The van der Waals surface area contributed by atoms with Crippen LogP contribution in [0.3, 0.4) is 0 Å². The lowest BCUT2D eigenvalue weighted by Crippen LogP contribution is -2.48. The summed E-state index contributed by atoms with van der Waals surface area (Å²) in [6, 6.07) is 5.32. The van der Waals surface area contributed by atoms with Crippen molar-refractivity contribution < 1.29 is 18.8 Å². The van der Waals surface area contributed by atoms with Crippen LogP contribution in [0.2, 0.25) is 0 Å². The Morgan fingerprint density at radius 2 is 1.93 bits per heavy atom. The number of nitrogens with zero attached hydrogens (tertiary/aromatic N) is 3. The van der Waals surface area contributed by atoms with Crippen LogP contribution in [0, 0.1) is 13.8 Å². The first-order valence-corrected chi connectivity index (χ1v) is 9.27. The summed E-state index contributed by atoms with van der Waals surface area (Å²) < 4.78 is 16.5. The summed E-state index contributed by atoms with van der Waals surface area (Å²) in [4.78, 5) is 17.0. The van der Waals surface area contributed by atoms with Gasteiger partial charge in [-0.15, -0.1) is 0 Å². The summed E-state index contributed by atoms with van der Waals surface area (Å²) in [5.74, 6) is 1.90. The fourth-order valence-electron chi connectivity index (χ4n) is 3.23. The summed E-state index contributed by atoms with van der Waals surface area (Å²) in [5, 5.41) is 3.93. The van der Waals surface area contributed by atoms with E-state index in [0.717, 1.165) is 49.7 Å². The number of carbonyl (C=O) groups is 1. The molecule has 7 nitrogen and oxygen atoms in total. The third-order valence-electron chi connectivity index (χ3n) is 5.07. The molecule has 0 bridgehead atoms. The molecule has 1 aromatic heterocycles. The van der Waals surface area contributed by atoms with Crippen LogP contribution in [0.15, 0.2) is 22.7 Å². The van der Waals surface area contributed by atoms with Crippen LogP contribution in [0.5, 0.6) is 11.5 Å². The number of piperazine rings is 1. The maximum absolute atomic E-state index is 12.8. The van der Waals surface area contributed by atoms with E-state index in [2.05, 4.69) is 17.0 Å². The number of hydrogen-bond acceptors (Lipinski definition) is 6. The Balaban J connectivity index is 1.69. The summed E-state index contributed by atoms with van der Waals surface area (Å²) in [7, 11) is 1.58. The van der Waals surface area contributed by atoms with E-state index in [4.69, 9.17) is 14.0 Å². The molecule has 1 aliphatic heterocycles. The zero-order valence-electron chi connectivity index (χ0n) is 16.4. The van der Waals surface area contributed by atoms with Crippen LogP contribution < -0.4 is 9.47 Å². The molecule has 0 aliphatic carbocycles. The molecule has 1 amide bonds. The highest BCUT2D eigenvalue weighted by Gasteiger charge is 2.22. The zero-order valence-corrected chi connectivity index (χ0v) is 16.4. The topological polar surface area (TPSA) is 68.0 Å². The summed E-state index contributed by atoms with van der Waals surface area (Å²) in [6.45, 7) is 10.6. The number of rotatable bonds is 6. The standard InChI is InChI=1S/C20H27N3O4/c1-5-22-8-10-23(11-9-22)20(24)16-6-7-18(19(12-16)25-4)26-13-17-14(2)21-27-15(17)3/h6-7,12H,5,8-11,13H2,1-4H3. The number of methoxy groups -OCH3 is 1. The Labute approximate surface area is 159 Å². The van der Waals surface area contributed by atoms with Gasteiger partial charge in [0.25, 0.3) is 5.91 Å². The van der Waals surface area contributed by atoms with Crippen molar-refractivity contribution in [2.45, 2.75) is 27.4 Å². The summed E-state index contributed by atoms with van der Waals surface area (Å²) >= 11 is 0. The highest BCUT2D eigenvalue weighted by Crippen LogP contribution is 2.30. The molecule has 1 saturated heterocycles.